The molecule has 0 bridgehead atoms. The Hall–Kier alpha value is -1.56. The zero-order valence-electron chi connectivity index (χ0n) is 10.8. The van der Waals surface area contributed by atoms with E-state index in [0.29, 0.717) is 27.6 Å². The number of carbonyl (C=O) groups is 1. The first-order chi connectivity index (χ1) is 10.0. The average molecular weight is 369 g/mol. The third-order valence-corrected chi connectivity index (χ3v) is 4.04. The zero-order chi connectivity index (χ0) is 15.0. The average Bonchev–Trinajstić information content (AvgIpc) is 2.48. The number of ether oxygens (including phenoxy) is 1. The number of carbonyl (C=O) groups excluding carboxylic acids is 1. The smallest absolute Gasteiger partial charge is 0.262 e. The molecule has 0 radical (unpaired) electrons. The Morgan fingerprint density at radius 2 is 2.10 bits per heavy atom. The van der Waals surface area contributed by atoms with Gasteiger partial charge in [0.2, 0.25) is 0 Å². The fourth-order valence-corrected chi connectivity index (χ4v) is 2.77. The third-order valence-electron chi connectivity index (χ3n) is 3.20. The van der Waals surface area contributed by atoms with Crippen molar-refractivity contribution >= 4 is 39.1 Å². The molecule has 0 aliphatic carbocycles. The molecule has 2 aromatic rings. The highest BCUT2D eigenvalue weighted by atomic mass is 79.9. The lowest BCUT2D eigenvalue weighted by molar-refractivity contribution is -0.118. The molecule has 3 rings (SSSR count). The molecule has 1 heterocycles. The normalized spacial score (nSPS) is 14.9. The molecule has 2 aromatic carbocycles. The maximum absolute atomic E-state index is 11.3. The van der Waals surface area contributed by atoms with Crippen LogP contribution in [-0.2, 0) is 4.79 Å². The van der Waals surface area contributed by atoms with Crippen LogP contribution in [0, 0.1) is 0 Å². The molecule has 6 heteroatoms. The van der Waals surface area contributed by atoms with Crippen molar-refractivity contribution in [3.63, 3.8) is 0 Å². The summed E-state index contributed by atoms with van der Waals surface area (Å²) in [6.45, 7) is 0.00631. The first-order valence-electron chi connectivity index (χ1n) is 6.24. The van der Waals surface area contributed by atoms with E-state index in [0.717, 1.165) is 4.47 Å². The van der Waals surface area contributed by atoms with Crippen LogP contribution >= 0.6 is 27.5 Å². The lowest BCUT2D eigenvalue weighted by atomic mass is 10.0. The van der Waals surface area contributed by atoms with Crippen molar-refractivity contribution < 1.29 is 14.6 Å². The number of halogens is 2. The standard InChI is InChI=1S/C15H11BrClNO3/c16-9-2-3-11(17)10(6-9)15(20)8-1-4-13-12(5-8)18-14(19)7-21-13/h1-6,15,20H,7H2,(H,18,19). The monoisotopic (exact) mass is 367 g/mol. The Balaban J connectivity index is 1.98. The van der Waals surface area contributed by atoms with Crippen molar-refractivity contribution in [1.29, 1.82) is 0 Å². The molecule has 0 saturated heterocycles. The van der Waals surface area contributed by atoms with Crippen molar-refractivity contribution in [2.45, 2.75) is 6.10 Å². The highest BCUT2D eigenvalue weighted by Crippen LogP contribution is 2.35. The number of fused-ring (bicyclic) bond motifs is 1. The molecule has 108 valence electrons. The fourth-order valence-electron chi connectivity index (χ4n) is 2.17. The Kier molecular flexibility index (Phi) is 3.89. The van der Waals surface area contributed by atoms with Crippen LogP contribution in [0.4, 0.5) is 5.69 Å². The number of hydrogen-bond acceptors (Lipinski definition) is 3. The second-order valence-electron chi connectivity index (χ2n) is 4.66. The van der Waals surface area contributed by atoms with Gasteiger partial charge in [0.15, 0.2) is 6.61 Å². The molecular weight excluding hydrogens is 358 g/mol. The summed E-state index contributed by atoms with van der Waals surface area (Å²) in [6.07, 6.45) is -0.890. The van der Waals surface area contributed by atoms with E-state index in [1.54, 1.807) is 36.4 Å². The molecular formula is C15H11BrClNO3. The van der Waals surface area contributed by atoms with E-state index in [9.17, 15) is 9.90 Å². The Morgan fingerprint density at radius 3 is 2.90 bits per heavy atom. The van der Waals surface area contributed by atoms with E-state index < -0.39 is 6.10 Å². The van der Waals surface area contributed by atoms with Gasteiger partial charge in [0.1, 0.15) is 11.9 Å². The van der Waals surface area contributed by atoms with Gasteiger partial charge in [-0.25, -0.2) is 0 Å². The summed E-state index contributed by atoms with van der Waals surface area (Å²) in [5, 5.41) is 13.7. The van der Waals surface area contributed by atoms with Crippen LogP contribution in [0.3, 0.4) is 0 Å². The Labute approximate surface area is 134 Å². The van der Waals surface area contributed by atoms with E-state index in [1.807, 2.05) is 0 Å². The Morgan fingerprint density at radius 1 is 1.29 bits per heavy atom. The maximum Gasteiger partial charge on any atom is 0.262 e. The number of anilines is 1. The van der Waals surface area contributed by atoms with Crippen molar-refractivity contribution in [1.82, 2.24) is 0 Å². The van der Waals surface area contributed by atoms with Crippen molar-refractivity contribution in [3.8, 4) is 5.75 Å². The molecule has 0 spiro atoms. The lowest BCUT2D eigenvalue weighted by Gasteiger charge is -2.20. The molecule has 1 aliphatic rings. The molecule has 1 unspecified atom stereocenters. The number of hydrogen-bond donors (Lipinski definition) is 2. The number of rotatable bonds is 2. The summed E-state index contributed by atoms with van der Waals surface area (Å²) < 4.78 is 6.12. The minimum absolute atomic E-state index is 0.00631. The number of aliphatic hydroxyl groups is 1. The number of nitrogens with one attached hydrogen (secondary N) is 1. The molecule has 0 aromatic heterocycles. The first-order valence-corrected chi connectivity index (χ1v) is 7.41. The summed E-state index contributed by atoms with van der Waals surface area (Å²) in [7, 11) is 0. The van der Waals surface area contributed by atoms with Crippen LogP contribution in [0.5, 0.6) is 5.75 Å². The van der Waals surface area contributed by atoms with Crippen molar-refractivity contribution in [3.05, 3.63) is 57.0 Å². The lowest BCUT2D eigenvalue weighted by Crippen LogP contribution is -2.25. The van der Waals surface area contributed by atoms with Crippen molar-refractivity contribution in [2.24, 2.45) is 0 Å². The highest BCUT2D eigenvalue weighted by molar-refractivity contribution is 9.10. The van der Waals surface area contributed by atoms with Crippen LogP contribution in [0.25, 0.3) is 0 Å². The van der Waals surface area contributed by atoms with Gasteiger partial charge in [-0.05, 0) is 35.9 Å². The summed E-state index contributed by atoms with van der Waals surface area (Å²) >= 11 is 9.49. The van der Waals surface area contributed by atoms with E-state index in [4.69, 9.17) is 16.3 Å². The predicted octanol–water partition coefficient (Wildman–Crippen LogP) is 3.52. The molecule has 1 amide bonds. The minimum Gasteiger partial charge on any atom is -0.482 e. The van der Waals surface area contributed by atoms with Gasteiger partial charge in [-0.1, -0.05) is 33.6 Å². The predicted molar refractivity (Wildman–Crippen MR) is 83.8 cm³/mol. The molecule has 21 heavy (non-hydrogen) atoms. The van der Waals surface area contributed by atoms with Crippen LogP contribution in [0.1, 0.15) is 17.2 Å². The van der Waals surface area contributed by atoms with Crippen LogP contribution < -0.4 is 10.1 Å². The van der Waals surface area contributed by atoms with Gasteiger partial charge in [-0.15, -0.1) is 0 Å². The van der Waals surface area contributed by atoms with Crippen LogP contribution in [-0.4, -0.2) is 17.6 Å². The third kappa shape index (κ3) is 2.90. The minimum atomic E-state index is -0.890. The van der Waals surface area contributed by atoms with Gasteiger partial charge in [-0.3, -0.25) is 4.79 Å². The maximum atomic E-state index is 11.3. The Bertz CT molecular complexity index is 720. The van der Waals surface area contributed by atoms with Gasteiger partial charge < -0.3 is 15.2 Å². The second-order valence-corrected chi connectivity index (χ2v) is 5.98. The summed E-state index contributed by atoms with van der Waals surface area (Å²) in [5.74, 6) is 0.375. The van der Waals surface area contributed by atoms with E-state index in [2.05, 4.69) is 21.2 Å². The van der Waals surface area contributed by atoms with Crippen LogP contribution in [0.15, 0.2) is 40.9 Å². The number of aliphatic hydroxyl groups excluding tert-OH is 1. The molecule has 0 saturated carbocycles. The highest BCUT2D eigenvalue weighted by Gasteiger charge is 2.20. The molecule has 1 atom stereocenters. The zero-order valence-corrected chi connectivity index (χ0v) is 13.1. The van der Waals surface area contributed by atoms with E-state index in [1.165, 1.54) is 0 Å². The summed E-state index contributed by atoms with van der Waals surface area (Å²) in [6, 6.07) is 10.4. The number of amides is 1. The summed E-state index contributed by atoms with van der Waals surface area (Å²) in [5.41, 5.74) is 1.77. The second kappa shape index (κ2) is 5.67. The summed E-state index contributed by atoms with van der Waals surface area (Å²) in [4.78, 5) is 11.3. The molecule has 1 aliphatic heterocycles. The SMILES string of the molecule is O=C1COc2ccc(C(O)c3cc(Br)ccc3Cl)cc2N1. The topological polar surface area (TPSA) is 58.6 Å². The van der Waals surface area contributed by atoms with E-state index in [-0.39, 0.29) is 12.5 Å². The molecule has 4 nitrogen and oxygen atoms in total. The first kappa shape index (κ1) is 14.4. The quantitative estimate of drug-likeness (QED) is 0.853. The van der Waals surface area contributed by atoms with Gasteiger partial charge in [0, 0.05) is 15.1 Å². The molecule has 2 N–H and O–H groups in total. The van der Waals surface area contributed by atoms with Crippen LogP contribution in [0.2, 0.25) is 5.02 Å². The van der Waals surface area contributed by atoms with Gasteiger partial charge >= 0.3 is 0 Å². The van der Waals surface area contributed by atoms with Gasteiger partial charge in [-0.2, -0.15) is 0 Å². The largest absolute Gasteiger partial charge is 0.482 e. The number of benzene rings is 2. The van der Waals surface area contributed by atoms with Gasteiger partial charge in [0.25, 0.3) is 5.91 Å². The van der Waals surface area contributed by atoms with Gasteiger partial charge in [0.05, 0.1) is 5.69 Å². The van der Waals surface area contributed by atoms with E-state index >= 15 is 0 Å². The molecule has 0 fully saturated rings. The fraction of sp³-hybridized carbons (Fsp3) is 0.133. The van der Waals surface area contributed by atoms with Crippen molar-refractivity contribution in [2.75, 3.05) is 11.9 Å².